The van der Waals surface area contributed by atoms with Crippen LogP contribution in [0.1, 0.15) is 12.5 Å². The predicted molar refractivity (Wildman–Crippen MR) is 85.0 cm³/mol. The van der Waals surface area contributed by atoms with E-state index in [0.29, 0.717) is 0 Å². The summed E-state index contributed by atoms with van der Waals surface area (Å²) >= 11 is 0. The molecule has 1 rings (SSSR count). The molecule has 0 aliphatic rings. The van der Waals surface area contributed by atoms with Gasteiger partial charge in [0.05, 0.1) is 0 Å². The quantitative estimate of drug-likeness (QED) is 0.378. The van der Waals surface area contributed by atoms with E-state index in [1.807, 2.05) is 36.4 Å². The fraction of sp³-hybridized carbons (Fsp3) is 0.176. The molecule has 5 heteroatoms. The van der Waals surface area contributed by atoms with Crippen LogP contribution in [0.15, 0.2) is 61.2 Å². The molecular formula is C17H20O5. The van der Waals surface area contributed by atoms with Crippen LogP contribution in [0.5, 0.6) is 0 Å². The lowest BCUT2D eigenvalue weighted by Crippen LogP contribution is -2.14. The molecule has 1 aromatic rings. The van der Waals surface area contributed by atoms with Crippen LogP contribution in [0.25, 0.3) is 6.08 Å². The average molecular weight is 304 g/mol. The van der Waals surface area contributed by atoms with Crippen LogP contribution in [0.3, 0.4) is 0 Å². The minimum atomic E-state index is -0.933. The Morgan fingerprint density at radius 1 is 1.23 bits per heavy atom. The standard InChI is InChI=1S/C11H10O2.C6H10O3/c12-11(13)9-5-4-8-10-6-2-1-3-7-10;1-4-6(7)9-5(2)8-3/h1-9H,(H,12,13);4-5H,1H2,2-3H3. The van der Waals surface area contributed by atoms with Gasteiger partial charge in [0, 0.05) is 19.3 Å². The van der Waals surface area contributed by atoms with E-state index in [4.69, 9.17) is 5.11 Å². The highest BCUT2D eigenvalue weighted by Gasteiger charge is 2.01. The van der Waals surface area contributed by atoms with Gasteiger partial charge in [0.1, 0.15) is 0 Å². The number of carbonyl (C=O) groups excluding carboxylic acids is 1. The molecular weight excluding hydrogens is 284 g/mol. The largest absolute Gasteiger partial charge is 0.478 e. The second-order valence-electron chi connectivity index (χ2n) is 3.91. The van der Waals surface area contributed by atoms with Crippen molar-refractivity contribution in [2.75, 3.05) is 7.11 Å². The number of hydrogen-bond donors (Lipinski definition) is 1. The zero-order chi connectivity index (χ0) is 16.8. The smallest absolute Gasteiger partial charge is 0.332 e. The first kappa shape index (κ1) is 19.3. The van der Waals surface area contributed by atoms with Gasteiger partial charge in [-0.1, -0.05) is 55.1 Å². The minimum absolute atomic E-state index is 0.468. The number of methoxy groups -OCH3 is 1. The van der Waals surface area contributed by atoms with Gasteiger partial charge in [-0.15, -0.1) is 0 Å². The van der Waals surface area contributed by atoms with Crippen molar-refractivity contribution in [3.8, 4) is 0 Å². The molecule has 0 fully saturated rings. The van der Waals surface area contributed by atoms with E-state index in [0.717, 1.165) is 17.7 Å². The van der Waals surface area contributed by atoms with E-state index in [-0.39, 0.29) is 0 Å². The van der Waals surface area contributed by atoms with E-state index in [9.17, 15) is 9.59 Å². The maximum absolute atomic E-state index is 10.4. The molecule has 0 aromatic heterocycles. The summed E-state index contributed by atoms with van der Waals surface area (Å²) in [6.45, 7) is 4.84. The summed E-state index contributed by atoms with van der Waals surface area (Å²) in [7, 11) is 1.46. The van der Waals surface area contributed by atoms with Crippen LogP contribution in [0.2, 0.25) is 0 Å². The van der Waals surface area contributed by atoms with E-state index in [1.54, 1.807) is 13.0 Å². The summed E-state index contributed by atoms with van der Waals surface area (Å²) in [5.74, 6) is -1.40. The maximum atomic E-state index is 10.4. The van der Waals surface area contributed by atoms with Crippen molar-refractivity contribution in [1.29, 1.82) is 0 Å². The van der Waals surface area contributed by atoms with E-state index < -0.39 is 18.2 Å². The molecule has 118 valence electrons. The van der Waals surface area contributed by atoms with Crippen molar-refractivity contribution in [2.24, 2.45) is 0 Å². The Kier molecular flexibility index (Phi) is 10.6. The Balaban J connectivity index is 0.000000433. The minimum Gasteiger partial charge on any atom is -0.478 e. The third kappa shape index (κ3) is 11.2. The van der Waals surface area contributed by atoms with Crippen LogP contribution >= 0.6 is 0 Å². The molecule has 0 heterocycles. The van der Waals surface area contributed by atoms with E-state index >= 15 is 0 Å². The second kappa shape index (κ2) is 12.1. The zero-order valence-corrected chi connectivity index (χ0v) is 12.6. The first-order chi connectivity index (χ1) is 10.5. The van der Waals surface area contributed by atoms with Gasteiger partial charge in [-0.2, -0.15) is 0 Å². The van der Waals surface area contributed by atoms with Crippen molar-refractivity contribution in [1.82, 2.24) is 0 Å². The van der Waals surface area contributed by atoms with Gasteiger partial charge in [0.2, 0.25) is 0 Å². The molecule has 0 radical (unpaired) electrons. The second-order valence-corrected chi connectivity index (χ2v) is 3.91. The summed E-state index contributed by atoms with van der Waals surface area (Å²) in [6, 6.07) is 9.70. The number of rotatable bonds is 6. The highest BCUT2D eigenvalue weighted by atomic mass is 16.7. The van der Waals surface area contributed by atoms with Crippen LogP contribution in [0, 0.1) is 0 Å². The Morgan fingerprint density at radius 3 is 2.36 bits per heavy atom. The molecule has 1 atom stereocenters. The Labute approximate surface area is 130 Å². The third-order valence-electron chi connectivity index (χ3n) is 2.22. The van der Waals surface area contributed by atoms with Crippen LogP contribution in [-0.4, -0.2) is 30.4 Å². The first-order valence-corrected chi connectivity index (χ1v) is 6.48. The summed E-state index contributed by atoms with van der Waals surface area (Å²) in [6.07, 6.45) is 6.74. The Hall–Kier alpha value is -2.66. The fourth-order valence-corrected chi connectivity index (χ4v) is 1.13. The normalized spacial score (nSPS) is 11.5. The molecule has 5 nitrogen and oxygen atoms in total. The Morgan fingerprint density at radius 2 is 1.86 bits per heavy atom. The van der Waals surface area contributed by atoms with E-state index in [1.165, 1.54) is 13.2 Å². The Bertz CT molecular complexity index is 517. The summed E-state index contributed by atoms with van der Waals surface area (Å²) in [4.78, 5) is 20.5. The molecule has 1 unspecified atom stereocenters. The molecule has 0 bridgehead atoms. The number of esters is 1. The van der Waals surface area contributed by atoms with Crippen molar-refractivity contribution < 1.29 is 24.2 Å². The highest BCUT2D eigenvalue weighted by molar-refractivity contribution is 5.81. The topological polar surface area (TPSA) is 72.8 Å². The molecule has 0 saturated carbocycles. The monoisotopic (exact) mass is 304 g/mol. The number of allylic oxidation sites excluding steroid dienone is 2. The van der Waals surface area contributed by atoms with E-state index in [2.05, 4.69) is 16.1 Å². The molecule has 1 aromatic carbocycles. The van der Waals surface area contributed by atoms with Crippen LogP contribution in [0.4, 0.5) is 0 Å². The first-order valence-electron chi connectivity index (χ1n) is 6.48. The van der Waals surface area contributed by atoms with Gasteiger partial charge in [-0.3, -0.25) is 0 Å². The zero-order valence-electron chi connectivity index (χ0n) is 12.6. The SMILES string of the molecule is C=CC(=O)OC(C)OC.O=C(O)C=CC=Cc1ccccc1. The number of ether oxygens (including phenoxy) is 2. The van der Waals surface area contributed by atoms with Crippen LogP contribution in [-0.2, 0) is 19.1 Å². The molecule has 0 amide bonds. The lowest BCUT2D eigenvalue weighted by molar-refractivity contribution is -0.163. The lowest BCUT2D eigenvalue weighted by atomic mass is 10.2. The number of hydrogen-bond acceptors (Lipinski definition) is 4. The number of aliphatic carboxylic acids is 1. The van der Waals surface area contributed by atoms with Gasteiger partial charge in [0.25, 0.3) is 0 Å². The number of carboxylic acids is 1. The molecule has 0 aliphatic heterocycles. The molecule has 0 spiro atoms. The lowest BCUT2D eigenvalue weighted by Gasteiger charge is -2.07. The van der Waals surface area contributed by atoms with Gasteiger partial charge in [0.15, 0.2) is 6.29 Å². The summed E-state index contributed by atoms with van der Waals surface area (Å²) < 4.78 is 9.20. The van der Waals surface area contributed by atoms with Gasteiger partial charge >= 0.3 is 11.9 Å². The highest BCUT2D eigenvalue weighted by Crippen LogP contribution is 2.00. The number of benzene rings is 1. The van der Waals surface area contributed by atoms with Crippen molar-refractivity contribution in [3.05, 3.63) is 66.8 Å². The fourth-order valence-electron chi connectivity index (χ4n) is 1.13. The molecule has 22 heavy (non-hydrogen) atoms. The summed E-state index contributed by atoms with van der Waals surface area (Å²) in [5.41, 5.74) is 1.05. The summed E-state index contributed by atoms with van der Waals surface area (Å²) in [5, 5.41) is 8.29. The van der Waals surface area contributed by atoms with Gasteiger partial charge < -0.3 is 14.6 Å². The van der Waals surface area contributed by atoms with Crippen LogP contribution < -0.4 is 0 Å². The van der Waals surface area contributed by atoms with Crippen molar-refractivity contribution in [2.45, 2.75) is 13.2 Å². The maximum Gasteiger partial charge on any atom is 0.332 e. The third-order valence-corrected chi connectivity index (χ3v) is 2.22. The van der Waals surface area contributed by atoms with Crippen molar-refractivity contribution in [3.63, 3.8) is 0 Å². The van der Waals surface area contributed by atoms with Crippen molar-refractivity contribution >= 4 is 18.0 Å². The average Bonchev–Trinajstić information content (AvgIpc) is 2.52. The van der Waals surface area contributed by atoms with Gasteiger partial charge in [-0.25, -0.2) is 9.59 Å². The number of carbonyl (C=O) groups is 2. The molecule has 1 N–H and O–H groups in total. The molecule has 0 aliphatic carbocycles. The predicted octanol–water partition coefficient (Wildman–Crippen LogP) is 3.05. The van der Waals surface area contributed by atoms with Gasteiger partial charge in [-0.05, 0) is 12.5 Å². The molecule has 0 saturated heterocycles. The number of carboxylic acid groups (broad SMARTS) is 1.